The average molecular weight is 416 g/mol. The fraction of sp³-hybridized carbons (Fsp3) is 0.0526. The van der Waals surface area contributed by atoms with Gasteiger partial charge in [0.05, 0.1) is 15.5 Å². The van der Waals surface area contributed by atoms with Crippen LogP contribution in [-0.2, 0) is 10.0 Å². The highest BCUT2D eigenvalue weighted by Crippen LogP contribution is 2.25. The van der Waals surface area contributed by atoms with Crippen LogP contribution in [0, 0.1) is 18.3 Å². The summed E-state index contributed by atoms with van der Waals surface area (Å²) in [6.07, 6.45) is 1.62. The maximum Gasteiger partial charge on any atom is 0.352 e. The van der Waals surface area contributed by atoms with E-state index in [1.165, 1.54) is 34.9 Å². The molecule has 0 spiro atoms. The zero-order valence-electron chi connectivity index (χ0n) is 14.5. The molecule has 3 aromatic rings. The van der Waals surface area contributed by atoms with Gasteiger partial charge in [-0.2, -0.15) is 5.26 Å². The van der Waals surface area contributed by atoms with E-state index in [4.69, 9.17) is 16.9 Å². The number of aryl methyl sites for hydroxylation is 1. The first kappa shape index (κ1) is 19.5. The molecule has 0 aliphatic heterocycles. The van der Waals surface area contributed by atoms with Gasteiger partial charge < -0.3 is 9.67 Å². The minimum absolute atomic E-state index is 0.0470. The SMILES string of the molecule is Cc1cc(NS(=O)(=O)c2ccc(C#N)c(Cl)c2)ccc1-n1cccc1C(=O)O. The van der Waals surface area contributed by atoms with Gasteiger partial charge in [-0.25, -0.2) is 13.2 Å². The predicted octanol–water partition coefficient (Wildman–Crippen LogP) is 3.81. The lowest BCUT2D eigenvalue weighted by molar-refractivity contribution is 0.0688. The molecule has 1 heterocycles. The quantitative estimate of drug-likeness (QED) is 0.658. The summed E-state index contributed by atoms with van der Waals surface area (Å²) in [6, 6.07) is 13.6. The maximum atomic E-state index is 12.6. The van der Waals surface area contributed by atoms with Gasteiger partial charge in [-0.1, -0.05) is 11.6 Å². The van der Waals surface area contributed by atoms with E-state index >= 15 is 0 Å². The van der Waals surface area contributed by atoms with Crippen LogP contribution < -0.4 is 4.72 Å². The fourth-order valence-electron chi connectivity index (χ4n) is 2.72. The van der Waals surface area contributed by atoms with Crippen LogP contribution in [0.5, 0.6) is 0 Å². The van der Waals surface area contributed by atoms with Crippen LogP contribution in [0.15, 0.2) is 59.6 Å². The topological polar surface area (TPSA) is 112 Å². The third kappa shape index (κ3) is 3.71. The Morgan fingerprint density at radius 3 is 2.57 bits per heavy atom. The van der Waals surface area contributed by atoms with E-state index in [0.717, 1.165) is 0 Å². The average Bonchev–Trinajstić information content (AvgIpc) is 3.11. The number of hydrogen-bond acceptors (Lipinski definition) is 4. The lowest BCUT2D eigenvalue weighted by Crippen LogP contribution is -2.13. The van der Waals surface area contributed by atoms with Gasteiger partial charge in [0.1, 0.15) is 11.8 Å². The molecule has 0 aliphatic carbocycles. The van der Waals surface area contributed by atoms with Gasteiger partial charge >= 0.3 is 5.97 Å². The van der Waals surface area contributed by atoms with Crippen LogP contribution in [0.3, 0.4) is 0 Å². The van der Waals surface area contributed by atoms with Gasteiger partial charge in [0.2, 0.25) is 0 Å². The number of nitriles is 1. The summed E-state index contributed by atoms with van der Waals surface area (Å²) >= 11 is 5.92. The van der Waals surface area contributed by atoms with Crippen molar-refractivity contribution < 1.29 is 18.3 Å². The summed E-state index contributed by atoms with van der Waals surface area (Å²) in [6.45, 7) is 1.75. The molecule has 0 saturated heterocycles. The van der Waals surface area contributed by atoms with Crippen LogP contribution in [-0.4, -0.2) is 24.1 Å². The van der Waals surface area contributed by atoms with Crippen LogP contribution in [0.1, 0.15) is 21.6 Å². The van der Waals surface area contributed by atoms with Crippen molar-refractivity contribution in [2.45, 2.75) is 11.8 Å². The number of aromatic carboxylic acids is 1. The highest BCUT2D eigenvalue weighted by Gasteiger charge is 2.17. The van der Waals surface area contributed by atoms with Gasteiger partial charge in [0.15, 0.2) is 0 Å². The van der Waals surface area contributed by atoms with E-state index in [1.807, 2.05) is 6.07 Å². The number of sulfonamides is 1. The minimum atomic E-state index is -3.91. The van der Waals surface area contributed by atoms with Gasteiger partial charge in [0, 0.05) is 17.6 Å². The van der Waals surface area contributed by atoms with Crippen molar-refractivity contribution in [3.8, 4) is 11.8 Å². The number of anilines is 1. The molecule has 0 aliphatic rings. The van der Waals surface area contributed by atoms with E-state index in [9.17, 15) is 18.3 Å². The van der Waals surface area contributed by atoms with Crippen molar-refractivity contribution in [1.29, 1.82) is 5.26 Å². The van der Waals surface area contributed by atoms with Crippen molar-refractivity contribution >= 4 is 33.3 Å². The minimum Gasteiger partial charge on any atom is -0.477 e. The van der Waals surface area contributed by atoms with E-state index < -0.39 is 16.0 Å². The predicted molar refractivity (Wildman–Crippen MR) is 104 cm³/mol. The Hall–Kier alpha value is -3.28. The normalized spacial score (nSPS) is 11.0. The van der Waals surface area contributed by atoms with Crippen molar-refractivity contribution in [2.75, 3.05) is 4.72 Å². The summed E-state index contributed by atoms with van der Waals surface area (Å²) < 4.78 is 29.1. The molecular weight excluding hydrogens is 402 g/mol. The number of hydrogen-bond donors (Lipinski definition) is 2. The molecule has 2 aromatic carbocycles. The van der Waals surface area contributed by atoms with Crippen molar-refractivity contribution in [2.24, 2.45) is 0 Å². The Bertz CT molecular complexity index is 1230. The zero-order chi connectivity index (χ0) is 20.5. The summed E-state index contributed by atoms with van der Waals surface area (Å²) in [5.74, 6) is -1.06. The third-order valence-corrected chi connectivity index (χ3v) is 5.74. The van der Waals surface area contributed by atoms with Crippen molar-refractivity contribution in [3.05, 3.63) is 76.6 Å². The fourth-order valence-corrected chi connectivity index (χ4v) is 4.09. The van der Waals surface area contributed by atoms with Crippen LogP contribution >= 0.6 is 11.6 Å². The van der Waals surface area contributed by atoms with Gasteiger partial charge in [0.25, 0.3) is 10.0 Å². The number of nitrogens with one attached hydrogen (secondary N) is 1. The van der Waals surface area contributed by atoms with E-state index in [2.05, 4.69) is 4.72 Å². The van der Waals surface area contributed by atoms with Gasteiger partial charge in [-0.05, 0) is 61.0 Å². The Balaban J connectivity index is 1.92. The highest BCUT2D eigenvalue weighted by molar-refractivity contribution is 7.92. The molecule has 0 bridgehead atoms. The first-order chi connectivity index (χ1) is 13.2. The molecule has 28 heavy (non-hydrogen) atoms. The lowest BCUT2D eigenvalue weighted by Gasteiger charge is -2.13. The van der Waals surface area contributed by atoms with Gasteiger partial charge in [-0.3, -0.25) is 4.72 Å². The highest BCUT2D eigenvalue weighted by atomic mass is 35.5. The molecule has 0 amide bonds. The van der Waals surface area contributed by atoms with E-state index in [-0.39, 0.29) is 21.2 Å². The number of carbonyl (C=O) groups is 1. The number of carboxylic acid groups (broad SMARTS) is 1. The third-order valence-electron chi connectivity index (χ3n) is 4.05. The Labute approximate surface area is 166 Å². The molecule has 0 radical (unpaired) electrons. The Kier molecular flexibility index (Phi) is 5.14. The second-order valence-corrected chi connectivity index (χ2v) is 8.02. The standard InChI is InChI=1S/C19H14ClN3O4S/c1-12-9-14(5-7-17(12)23-8-2-3-18(23)19(24)25)22-28(26,27)15-6-4-13(11-21)16(20)10-15/h2-10,22H,1H3,(H,24,25). The molecule has 1 aromatic heterocycles. The maximum absolute atomic E-state index is 12.6. The second kappa shape index (κ2) is 7.38. The molecule has 0 saturated carbocycles. The Morgan fingerprint density at radius 1 is 1.21 bits per heavy atom. The first-order valence-corrected chi connectivity index (χ1v) is 9.83. The number of aromatic nitrogens is 1. The summed E-state index contributed by atoms with van der Waals surface area (Å²) in [5.41, 5.74) is 1.89. The molecule has 0 fully saturated rings. The smallest absolute Gasteiger partial charge is 0.352 e. The van der Waals surface area contributed by atoms with Gasteiger partial charge in [-0.15, -0.1) is 0 Å². The first-order valence-electron chi connectivity index (χ1n) is 7.97. The number of rotatable bonds is 5. The molecule has 2 N–H and O–H groups in total. The number of benzene rings is 2. The molecule has 7 nitrogen and oxygen atoms in total. The lowest BCUT2D eigenvalue weighted by atomic mass is 10.1. The second-order valence-electron chi connectivity index (χ2n) is 5.93. The monoisotopic (exact) mass is 415 g/mol. The molecule has 0 unspecified atom stereocenters. The molecule has 0 atom stereocenters. The zero-order valence-corrected chi connectivity index (χ0v) is 16.1. The van der Waals surface area contributed by atoms with Crippen molar-refractivity contribution in [1.82, 2.24) is 4.57 Å². The van der Waals surface area contributed by atoms with Crippen molar-refractivity contribution in [3.63, 3.8) is 0 Å². The molecule has 9 heteroatoms. The summed E-state index contributed by atoms with van der Waals surface area (Å²) in [7, 11) is -3.91. The summed E-state index contributed by atoms with van der Waals surface area (Å²) in [5, 5.41) is 18.2. The number of halogens is 1. The number of nitrogens with zero attached hydrogens (tertiary/aromatic N) is 2. The van der Waals surface area contributed by atoms with Crippen LogP contribution in [0.25, 0.3) is 5.69 Å². The van der Waals surface area contributed by atoms with E-state index in [1.54, 1.807) is 31.3 Å². The van der Waals surface area contributed by atoms with Crippen LogP contribution in [0.2, 0.25) is 5.02 Å². The summed E-state index contributed by atoms with van der Waals surface area (Å²) in [4.78, 5) is 11.2. The number of carboxylic acids is 1. The molecule has 3 rings (SSSR count). The molecule has 142 valence electrons. The molecular formula is C19H14ClN3O4S. The van der Waals surface area contributed by atoms with E-state index in [0.29, 0.717) is 16.9 Å². The Morgan fingerprint density at radius 2 is 1.96 bits per heavy atom. The largest absolute Gasteiger partial charge is 0.477 e. The van der Waals surface area contributed by atoms with Crippen LogP contribution in [0.4, 0.5) is 5.69 Å².